The van der Waals surface area contributed by atoms with E-state index in [1.807, 2.05) is 0 Å². The highest BCUT2D eigenvalue weighted by molar-refractivity contribution is 7.80. The van der Waals surface area contributed by atoms with Crippen LogP contribution in [-0.4, -0.2) is 83.9 Å². The Labute approximate surface area is 144 Å². The minimum absolute atomic E-state index is 0.122. The molecule has 0 aromatic heterocycles. The van der Waals surface area contributed by atoms with Crippen molar-refractivity contribution in [1.29, 1.82) is 5.41 Å². The third-order valence-corrected chi connectivity index (χ3v) is 4.83. The number of nitrogens with one attached hydrogen (secondary N) is 2. The molecular formula is C12H19N5O7S. The first-order valence-corrected chi connectivity index (χ1v) is 9.12. The molecule has 0 saturated carbocycles. The summed E-state index contributed by atoms with van der Waals surface area (Å²) < 4.78 is 34.7. The van der Waals surface area contributed by atoms with Crippen molar-refractivity contribution >= 4 is 28.7 Å². The van der Waals surface area contributed by atoms with Gasteiger partial charge in [-0.05, 0) is 19.3 Å². The molecular weight excluding hydrogens is 358 g/mol. The van der Waals surface area contributed by atoms with Crippen LogP contribution in [0.4, 0.5) is 4.79 Å². The van der Waals surface area contributed by atoms with Gasteiger partial charge in [0.05, 0.1) is 12.4 Å². The lowest BCUT2D eigenvalue weighted by Gasteiger charge is -2.29. The molecule has 3 saturated heterocycles. The molecule has 25 heavy (non-hydrogen) atoms. The maximum atomic E-state index is 12.3. The van der Waals surface area contributed by atoms with Gasteiger partial charge in [0.15, 0.2) is 0 Å². The highest BCUT2D eigenvalue weighted by Gasteiger charge is 2.49. The van der Waals surface area contributed by atoms with Crippen LogP contribution in [0.5, 0.6) is 0 Å². The topological polar surface area (TPSA) is 153 Å². The van der Waals surface area contributed by atoms with Crippen LogP contribution < -0.4 is 5.48 Å². The standard InChI is InChI=1S/C12H19N5O7S/c13-7-15-4-3-9(6-15)23-14-11(18)10-2-1-8-5-16(10)12(19)17(8)24-25(20,21)22/h7-10,13H,1-6H2,(H,14,18)(H,20,21,22)/t8?,9?,10-/m0/s1. The number of nitrogens with zero attached hydrogens (tertiary/aromatic N) is 3. The van der Waals surface area contributed by atoms with Gasteiger partial charge in [-0.3, -0.25) is 19.6 Å². The monoisotopic (exact) mass is 377 g/mol. The Morgan fingerprint density at radius 2 is 2.08 bits per heavy atom. The number of hydroxylamine groups is 3. The zero-order valence-electron chi connectivity index (χ0n) is 13.2. The summed E-state index contributed by atoms with van der Waals surface area (Å²) in [6, 6.07) is -2.15. The van der Waals surface area contributed by atoms with Crippen LogP contribution in [-0.2, 0) is 24.3 Å². The molecule has 2 bridgehead atoms. The molecule has 3 N–H and O–H groups in total. The fourth-order valence-corrected chi connectivity index (χ4v) is 3.67. The molecule has 3 amide bonds. The molecule has 3 aliphatic rings. The predicted octanol–water partition coefficient (Wildman–Crippen LogP) is -1.28. The number of fused-ring (bicyclic) bond motifs is 2. The SMILES string of the molecule is N=CN1CCC(ONC(=O)[C@@H]2CCC3CN2C(=O)N3OS(=O)(=O)O)C1. The molecule has 3 fully saturated rings. The number of hydrogen-bond acceptors (Lipinski definition) is 7. The molecule has 13 heteroatoms. The normalized spacial score (nSPS) is 29.2. The number of urea groups is 1. The van der Waals surface area contributed by atoms with Gasteiger partial charge in [-0.15, -0.1) is 4.28 Å². The first-order valence-electron chi connectivity index (χ1n) is 7.75. The molecule has 3 heterocycles. The molecule has 140 valence electrons. The van der Waals surface area contributed by atoms with Gasteiger partial charge in [-0.2, -0.15) is 13.5 Å². The number of carbonyl (C=O) groups excluding carboxylic acids is 2. The van der Waals surface area contributed by atoms with E-state index in [0.29, 0.717) is 37.4 Å². The van der Waals surface area contributed by atoms with Gasteiger partial charge in [0, 0.05) is 19.6 Å². The zero-order valence-corrected chi connectivity index (χ0v) is 14.0. The van der Waals surface area contributed by atoms with Crippen LogP contribution in [0.3, 0.4) is 0 Å². The van der Waals surface area contributed by atoms with Gasteiger partial charge >= 0.3 is 16.4 Å². The fourth-order valence-electron chi connectivity index (χ4n) is 3.28. The van der Waals surface area contributed by atoms with Crippen LogP contribution in [0.1, 0.15) is 19.3 Å². The molecule has 3 rings (SSSR count). The lowest BCUT2D eigenvalue weighted by atomic mass is 10.0. The highest BCUT2D eigenvalue weighted by Crippen LogP contribution is 2.30. The van der Waals surface area contributed by atoms with Gasteiger partial charge in [0.1, 0.15) is 12.1 Å². The minimum atomic E-state index is -4.82. The fraction of sp³-hybridized carbons (Fsp3) is 0.750. The van der Waals surface area contributed by atoms with Gasteiger partial charge in [-0.25, -0.2) is 10.3 Å². The van der Waals surface area contributed by atoms with E-state index >= 15 is 0 Å². The molecule has 0 aromatic carbocycles. The molecule has 0 radical (unpaired) electrons. The molecule has 0 spiro atoms. The summed E-state index contributed by atoms with van der Waals surface area (Å²) in [5.74, 6) is -0.506. The summed E-state index contributed by atoms with van der Waals surface area (Å²) in [4.78, 5) is 32.8. The first kappa shape index (κ1) is 17.8. The number of carbonyl (C=O) groups is 2. The minimum Gasteiger partial charge on any atom is -0.360 e. The van der Waals surface area contributed by atoms with E-state index in [4.69, 9.17) is 14.8 Å². The average molecular weight is 377 g/mol. The van der Waals surface area contributed by atoms with Gasteiger partial charge < -0.3 is 9.80 Å². The lowest BCUT2D eigenvalue weighted by molar-refractivity contribution is -0.143. The Kier molecular flexibility index (Phi) is 4.81. The maximum absolute atomic E-state index is 12.3. The van der Waals surface area contributed by atoms with Crippen LogP contribution in [0.25, 0.3) is 0 Å². The smallest absolute Gasteiger partial charge is 0.360 e. The molecule has 3 atom stereocenters. The quantitative estimate of drug-likeness (QED) is 0.224. The number of piperidine rings is 1. The lowest BCUT2D eigenvalue weighted by Crippen LogP contribution is -2.50. The van der Waals surface area contributed by atoms with Crippen LogP contribution in [0, 0.1) is 5.41 Å². The largest absolute Gasteiger partial charge is 0.418 e. The van der Waals surface area contributed by atoms with E-state index in [1.165, 1.54) is 11.2 Å². The van der Waals surface area contributed by atoms with Crippen molar-refractivity contribution in [3.05, 3.63) is 0 Å². The van der Waals surface area contributed by atoms with Crippen molar-refractivity contribution < 1.29 is 31.7 Å². The van der Waals surface area contributed by atoms with Crippen molar-refractivity contribution in [2.45, 2.75) is 37.5 Å². The van der Waals surface area contributed by atoms with E-state index in [9.17, 15) is 18.0 Å². The average Bonchev–Trinajstić information content (AvgIpc) is 3.11. The van der Waals surface area contributed by atoms with Crippen molar-refractivity contribution in [2.24, 2.45) is 0 Å². The Hall–Kier alpha value is -1.96. The molecule has 0 aromatic rings. The highest BCUT2D eigenvalue weighted by atomic mass is 32.3. The van der Waals surface area contributed by atoms with Crippen molar-refractivity contribution in [3.8, 4) is 0 Å². The van der Waals surface area contributed by atoms with Gasteiger partial charge in [0.25, 0.3) is 5.91 Å². The Morgan fingerprint density at radius 1 is 1.32 bits per heavy atom. The van der Waals surface area contributed by atoms with E-state index in [1.54, 1.807) is 4.90 Å². The van der Waals surface area contributed by atoms with E-state index in [-0.39, 0.29) is 12.6 Å². The number of hydrogen-bond donors (Lipinski definition) is 3. The third-order valence-electron chi connectivity index (χ3n) is 4.49. The van der Waals surface area contributed by atoms with E-state index in [0.717, 1.165) is 0 Å². The van der Waals surface area contributed by atoms with Crippen molar-refractivity contribution in [3.63, 3.8) is 0 Å². The Bertz CT molecular complexity index is 671. The third kappa shape index (κ3) is 3.84. The van der Waals surface area contributed by atoms with Crippen LogP contribution in [0.15, 0.2) is 0 Å². The van der Waals surface area contributed by atoms with E-state index < -0.39 is 34.4 Å². The first-order chi connectivity index (χ1) is 11.8. The number of likely N-dealkylation sites (tertiary alicyclic amines) is 1. The zero-order chi connectivity index (χ0) is 18.2. The summed E-state index contributed by atoms with van der Waals surface area (Å²) in [5.41, 5.74) is 2.34. The van der Waals surface area contributed by atoms with Gasteiger partial charge in [0.2, 0.25) is 0 Å². The van der Waals surface area contributed by atoms with Gasteiger partial charge in [-0.1, -0.05) is 0 Å². The van der Waals surface area contributed by atoms with E-state index in [2.05, 4.69) is 9.76 Å². The molecule has 2 unspecified atom stereocenters. The Morgan fingerprint density at radius 3 is 2.72 bits per heavy atom. The molecule has 0 aliphatic carbocycles. The maximum Gasteiger partial charge on any atom is 0.418 e. The number of rotatable bonds is 6. The van der Waals surface area contributed by atoms with Crippen LogP contribution in [0.2, 0.25) is 0 Å². The number of amides is 3. The summed E-state index contributed by atoms with van der Waals surface area (Å²) in [5, 5.41) is 7.75. The second-order valence-corrected chi connectivity index (χ2v) is 7.13. The van der Waals surface area contributed by atoms with Crippen molar-refractivity contribution in [2.75, 3.05) is 19.6 Å². The molecule has 12 nitrogen and oxygen atoms in total. The Balaban J connectivity index is 1.56. The van der Waals surface area contributed by atoms with Crippen molar-refractivity contribution in [1.82, 2.24) is 20.3 Å². The van der Waals surface area contributed by atoms with Crippen LogP contribution >= 0.6 is 0 Å². The predicted molar refractivity (Wildman–Crippen MR) is 81.4 cm³/mol. The summed E-state index contributed by atoms with van der Waals surface area (Å²) in [6.45, 7) is 1.29. The second-order valence-electron chi connectivity index (χ2n) is 6.13. The summed E-state index contributed by atoms with van der Waals surface area (Å²) in [6.07, 6.45) is 2.30. The molecule has 3 aliphatic heterocycles. The summed E-state index contributed by atoms with van der Waals surface area (Å²) in [7, 11) is -4.82. The summed E-state index contributed by atoms with van der Waals surface area (Å²) >= 11 is 0. The second kappa shape index (κ2) is 6.74.